The fraction of sp³-hybridized carbons (Fsp3) is 0.333. The van der Waals surface area contributed by atoms with Gasteiger partial charge in [0.25, 0.3) is 6.43 Å². The molecule has 6 heteroatoms. The Balaban J connectivity index is 2.75. The Kier molecular flexibility index (Phi) is 3.01. The Morgan fingerprint density at radius 1 is 1.50 bits per heavy atom. The minimum absolute atomic E-state index is 0.0552. The quantitative estimate of drug-likeness (QED) is 0.852. The van der Waals surface area contributed by atoms with Crippen LogP contribution in [0, 0.1) is 5.41 Å². The highest BCUT2D eigenvalue weighted by molar-refractivity contribution is 9.10. The van der Waals surface area contributed by atoms with E-state index in [4.69, 9.17) is 5.11 Å². The van der Waals surface area contributed by atoms with E-state index in [1.165, 1.54) is 19.1 Å². The number of carboxylic acids is 1. The van der Waals surface area contributed by atoms with Crippen LogP contribution >= 0.6 is 15.9 Å². The summed E-state index contributed by atoms with van der Waals surface area (Å²) in [5.41, 5.74) is -2.28. The minimum atomic E-state index is -3.25. The standard InChI is InChI=1S/C12H9BrF2O3/c1-5-8-6(3-2-4-7(8)13)9(16)12(5,10(14)15)11(17)18/h2-5,10H,1H3,(H,17,18). The van der Waals surface area contributed by atoms with Crippen LogP contribution in [0.3, 0.4) is 0 Å². The summed E-state index contributed by atoms with van der Waals surface area (Å²) < 4.78 is 26.9. The number of ketones is 1. The summed E-state index contributed by atoms with van der Waals surface area (Å²) >= 11 is 3.18. The van der Waals surface area contributed by atoms with E-state index < -0.39 is 29.5 Å². The molecule has 0 fully saturated rings. The molecule has 0 amide bonds. The number of Topliss-reactive ketones (excluding diaryl/α,β-unsaturated/α-hetero) is 1. The maximum Gasteiger partial charge on any atom is 0.324 e. The van der Waals surface area contributed by atoms with E-state index in [0.717, 1.165) is 0 Å². The summed E-state index contributed by atoms with van der Waals surface area (Å²) in [5.74, 6) is -3.88. The van der Waals surface area contributed by atoms with Gasteiger partial charge < -0.3 is 5.11 Å². The number of rotatable bonds is 2. The third-order valence-corrected chi connectivity index (χ3v) is 4.18. The number of fused-ring (bicyclic) bond motifs is 1. The summed E-state index contributed by atoms with van der Waals surface area (Å²) in [4.78, 5) is 23.3. The third kappa shape index (κ3) is 1.38. The number of carbonyl (C=O) groups excluding carboxylic acids is 1. The molecule has 0 bridgehead atoms. The predicted octanol–water partition coefficient (Wildman–Crippen LogP) is 3.09. The fourth-order valence-corrected chi connectivity index (χ4v) is 3.20. The first-order chi connectivity index (χ1) is 8.35. The molecule has 0 saturated heterocycles. The Labute approximate surface area is 110 Å². The number of carboxylic acid groups (broad SMARTS) is 1. The van der Waals surface area contributed by atoms with Gasteiger partial charge in [-0.05, 0) is 11.6 Å². The smallest absolute Gasteiger partial charge is 0.324 e. The minimum Gasteiger partial charge on any atom is -0.480 e. The first-order valence-corrected chi connectivity index (χ1v) is 5.99. The molecule has 1 N–H and O–H groups in total. The van der Waals surface area contributed by atoms with Gasteiger partial charge >= 0.3 is 5.97 Å². The molecule has 96 valence electrons. The number of halogens is 3. The van der Waals surface area contributed by atoms with Crippen molar-refractivity contribution in [1.82, 2.24) is 0 Å². The average molecular weight is 319 g/mol. The zero-order valence-corrected chi connectivity index (χ0v) is 10.9. The van der Waals surface area contributed by atoms with Crippen LogP contribution < -0.4 is 0 Å². The number of hydrogen-bond acceptors (Lipinski definition) is 2. The molecule has 0 aliphatic heterocycles. The molecule has 0 saturated carbocycles. The monoisotopic (exact) mass is 318 g/mol. The van der Waals surface area contributed by atoms with Crippen LogP contribution in [0.4, 0.5) is 8.78 Å². The van der Waals surface area contributed by atoms with Gasteiger partial charge in [-0.2, -0.15) is 0 Å². The van der Waals surface area contributed by atoms with Gasteiger partial charge in [0.05, 0.1) is 0 Å². The first-order valence-electron chi connectivity index (χ1n) is 5.19. The first kappa shape index (κ1) is 13.1. The molecule has 2 rings (SSSR count). The molecule has 1 aromatic carbocycles. The van der Waals surface area contributed by atoms with E-state index in [1.54, 1.807) is 6.07 Å². The zero-order chi connectivity index (χ0) is 13.7. The molecular weight excluding hydrogens is 310 g/mol. The lowest BCUT2D eigenvalue weighted by Crippen LogP contribution is -2.45. The van der Waals surface area contributed by atoms with Crippen molar-refractivity contribution in [3.05, 3.63) is 33.8 Å². The van der Waals surface area contributed by atoms with Gasteiger partial charge in [-0.15, -0.1) is 0 Å². The summed E-state index contributed by atoms with van der Waals surface area (Å²) in [6.45, 7) is 1.34. The van der Waals surface area contributed by atoms with Crippen molar-refractivity contribution in [2.45, 2.75) is 19.3 Å². The number of hydrogen-bond donors (Lipinski definition) is 1. The van der Waals surface area contributed by atoms with Crippen molar-refractivity contribution in [1.29, 1.82) is 0 Å². The number of aliphatic carboxylic acids is 1. The van der Waals surface area contributed by atoms with Gasteiger partial charge in [-0.3, -0.25) is 9.59 Å². The van der Waals surface area contributed by atoms with Crippen LogP contribution in [0.1, 0.15) is 28.8 Å². The number of alkyl halides is 2. The second-order valence-electron chi connectivity index (χ2n) is 4.23. The van der Waals surface area contributed by atoms with Crippen molar-refractivity contribution in [3.63, 3.8) is 0 Å². The van der Waals surface area contributed by atoms with Gasteiger partial charge in [0, 0.05) is 16.0 Å². The Bertz CT molecular complexity index is 544. The maximum atomic E-state index is 13.2. The fourth-order valence-electron chi connectivity index (χ4n) is 2.49. The van der Waals surface area contributed by atoms with Crippen LogP contribution in [0.5, 0.6) is 0 Å². The Morgan fingerprint density at radius 2 is 2.11 bits per heavy atom. The zero-order valence-electron chi connectivity index (χ0n) is 9.28. The van der Waals surface area contributed by atoms with Crippen LogP contribution in [0.2, 0.25) is 0 Å². The highest BCUT2D eigenvalue weighted by Gasteiger charge is 2.63. The SMILES string of the molecule is CC1c2c(Br)cccc2C(=O)C1(C(=O)O)C(F)F. The van der Waals surface area contributed by atoms with Gasteiger partial charge in [-0.25, -0.2) is 8.78 Å². The molecule has 2 unspecified atom stereocenters. The van der Waals surface area contributed by atoms with Gasteiger partial charge in [-0.1, -0.05) is 35.0 Å². The molecule has 18 heavy (non-hydrogen) atoms. The lowest BCUT2D eigenvalue weighted by molar-refractivity contribution is -0.155. The van der Waals surface area contributed by atoms with Crippen molar-refractivity contribution in [3.8, 4) is 0 Å². The molecular formula is C12H9BrF2O3. The summed E-state index contributed by atoms with van der Waals surface area (Å²) in [6.07, 6.45) is -3.25. The maximum absolute atomic E-state index is 13.2. The molecule has 3 nitrogen and oxygen atoms in total. The van der Waals surface area contributed by atoms with Crippen molar-refractivity contribution < 1.29 is 23.5 Å². The highest BCUT2D eigenvalue weighted by atomic mass is 79.9. The van der Waals surface area contributed by atoms with E-state index in [0.29, 0.717) is 10.0 Å². The third-order valence-electron chi connectivity index (χ3n) is 3.49. The second kappa shape index (κ2) is 4.12. The molecule has 0 heterocycles. The average Bonchev–Trinajstić information content (AvgIpc) is 2.50. The molecule has 1 aromatic rings. The van der Waals surface area contributed by atoms with Gasteiger partial charge in [0.2, 0.25) is 0 Å². The summed E-state index contributed by atoms with van der Waals surface area (Å²) in [7, 11) is 0. The van der Waals surface area contributed by atoms with Crippen molar-refractivity contribution in [2.75, 3.05) is 0 Å². The second-order valence-corrected chi connectivity index (χ2v) is 5.08. The van der Waals surface area contributed by atoms with E-state index in [-0.39, 0.29) is 5.56 Å². The van der Waals surface area contributed by atoms with Crippen LogP contribution in [-0.2, 0) is 4.79 Å². The Morgan fingerprint density at radius 3 is 2.56 bits per heavy atom. The molecule has 0 radical (unpaired) electrons. The summed E-state index contributed by atoms with van der Waals surface area (Å²) in [6, 6.07) is 4.51. The Hall–Kier alpha value is -1.30. The lowest BCUT2D eigenvalue weighted by atomic mass is 9.76. The normalized spacial score (nSPS) is 26.5. The van der Waals surface area contributed by atoms with E-state index in [9.17, 15) is 18.4 Å². The van der Waals surface area contributed by atoms with E-state index >= 15 is 0 Å². The van der Waals surface area contributed by atoms with Crippen LogP contribution in [0.15, 0.2) is 22.7 Å². The van der Waals surface area contributed by atoms with E-state index in [1.807, 2.05) is 0 Å². The highest BCUT2D eigenvalue weighted by Crippen LogP contribution is 2.52. The van der Waals surface area contributed by atoms with Crippen molar-refractivity contribution >= 4 is 27.7 Å². The van der Waals surface area contributed by atoms with Crippen LogP contribution in [-0.4, -0.2) is 23.3 Å². The molecule has 0 spiro atoms. The molecule has 0 aromatic heterocycles. The molecule has 1 aliphatic carbocycles. The van der Waals surface area contributed by atoms with E-state index in [2.05, 4.69) is 15.9 Å². The van der Waals surface area contributed by atoms with Crippen molar-refractivity contribution in [2.24, 2.45) is 5.41 Å². The van der Waals surface area contributed by atoms with Gasteiger partial charge in [0.15, 0.2) is 11.2 Å². The predicted molar refractivity (Wildman–Crippen MR) is 63.0 cm³/mol. The molecule has 1 aliphatic rings. The number of benzene rings is 1. The topological polar surface area (TPSA) is 54.4 Å². The number of carbonyl (C=O) groups is 2. The largest absolute Gasteiger partial charge is 0.480 e. The van der Waals surface area contributed by atoms with Gasteiger partial charge in [0.1, 0.15) is 0 Å². The lowest BCUT2D eigenvalue weighted by Gasteiger charge is -2.26. The van der Waals surface area contributed by atoms with Crippen LogP contribution in [0.25, 0.3) is 0 Å². The molecule has 2 atom stereocenters. The summed E-state index contributed by atoms with van der Waals surface area (Å²) in [5, 5.41) is 9.12.